The normalized spacial score (nSPS) is 47.8. The van der Waals surface area contributed by atoms with Crippen molar-refractivity contribution >= 4 is 5.91 Å². The molecule has 2 fully saturated rings. The molecule has 2 aliphatic heterocycles. The van der Waals surface area contributed by atoms with E-state index in [0.29, 0.717) is 18.3 Å². The number of nitrogens with zero attached hydrogens (tertiary/aromatic N) is 1. The van der Waals surface area contributed by atoms with Gasteiger partial charge in [-0.3, -0.25) is 0 Å². The first-order valence-electron chi connectivity index (χ1n) is 5.18. The number of carbonyl (C=O) groups excluding carboxylic acids is 1. The molecule has 1 unspecified atom stereocenters. The van der Waals surface area contributed by atoms with Gasteiger partial charge in [-0.15, -0.1) is 0 Å². The molecule has 85 valence electrons. The van der Waals surface area contributed by atoms with E-state index in [1.54, 1.807) is 0 Å². The van der Waals surface area contributed by atoms with E-state index in [0.717, 1.165) is 6.61 Å². The van der Waals surface area contributed by atoms with E-state index in [2.05, 4.69) is 31.3 Å². The van der Waals surface area contributed by atoms with Crippen molar-refractivity contribution in [2.45, 2.75) is 31.4 Å². The second-order valence-corrected chi connectivity index (χ2v) is 4.83. The van der Waals surface area contributed by atoms with E-state index >= 15 is 0 Å². The monoisotopic (exact) mass is 465 g/mol. The Hall–Kier alpha value is 0.962. The molecule has 5 heteroatoms. The predicted molar refractivity (Wildman–Crippen MR) is 51.9 cm³/mol. The summed E-state index contributed by atoms with van der Waals surface area (Å²) in [5.74, 6) is 0.915. The largest absolute Gasteiger partial charge is 0.644 e. The summed E-state index contributed by atoms with van der Waals surface area (Å²) in [7, 11) is 0. The fourth-order valence-corrected chi connectivity index (χ4v) is 2.71. The Kier molecular flexibility index (Phi) is 4.29. The minimum Gasteiger partial charge on any atom is -0.644 e. The van der Waals surface area contributed by atoms with Crippen molar-refractivity contribution in [2.24, 2.45) is 11.8 Å². The van der Waals surface area contributed by atoms with Gasteiger partial charge < -0.3 is 14.8 Å². The second-order valence-electron chi connectivity index (χ2n) is 4.83. The third-order valence-electron chi connectivity index (χ3n) is 4.21. The molecule has 1 amide bonds. The van der Waals surface area contributed by atoms with Crippen LogP contribution in [0.4, 0.5) is 0 Å². The van der Waals surface area contributed by atoms with Crippen molar-refractivity contribution in [2.75, 3.05) is 6.61 Å². The standard InChI is InChI=1S/C11H15NO2.W.Y/c1-7-8(2)11(6-14-11)4-3-10(7)5-9(13)12-10;;/h3-4,7-8H,5-6H2,1-2H3,(H,12,13);;/p-1/t7-,8+,10?,11+;;/m1../s1. The van der Waals surface area contributed by atoms with Crippen molar-refractivity contribution in [3.63, 3.8) is 0 Å². The summed E-state index contributed by atoms with van der Waals surface area (Å²) in [5.41, 5.74) is -0.202. The maximum absolute atomic E-state index is 11.0. The molecule has 2 saturated heterocycles. The molecule has 2 heterocycles. The molecule has 0 saturated carbocycles. The molecule has 1 aliphatic carbocycles. The van der Waals surface area contributed by atoms with E-state index in [9.17, 15) is 4.79 Å². The van der Waals surface area contributed by atoms with Crippen LogP contribution in [0, 0.1) is 11.8 Å². The van der Waals surface area contributed by atoms with Crippen LogP contribution >= 0.6 is 0 Å². The van der Waals surface area contributed by atoms with Crippen LogP contribution in [0.3, 0.4) is 0 Å². The van der Waals surface area contributed by atoms with Crippen molar-refractivity contribution < 1.29 is 63.3 Å². The molecule has 1 radical (unpaired) electrons. The molecule has 0 N–H and O–H groups in total. The SMILES string of the molecule is C[C@@H]1[C@H](C)[C@]2(C=CC13CC(=O)[N-]3)CO2.[W].[Y]. The molecule has 0 aromatic carbocycles. The van der Waals surface area contributed by atoms with Gasteiger partial charge in [0.05, 0.1) is 12.5 Å². The van der Waals surface area contributed by atoms with Crippen molar-refractivity contribution in [1.82, 2.24) is 0 Å². The van der Waals surface area contributed by atoms with Crippen LogP contribution in [0.5, 0.6) is 0 Å². The van der Waals surface area contributed by atoms with Gasteiger partial charge in [-0.2, -0.15) is 0 Å². The molecular weight excluding hydrogens is 451 g/mol. The summed E-state index contributed by atoms with van der Waals surface area (Å²) < 4.78 is 5.49. The number of carbonyl (C=O) groups is 1. The van der Waals surface area contributed by atoms with Gasteiger partial charge in [0.1, 0.15) is 5.60 Å². The fourth-order valence-electron chi connectivity index (χ4n) is 2.71. The first-order valence-corrected chi connectivity index (χ1v) is 5.18. The number of amides is 1. The van der Waals surface area contributed by atoms with Gasteiger partial charge in [-0.1, -0.05) is 31.5 Å². The maximum atomic E-state index is 11.0. The zero-order valence-electron chi connectivity index (χ0n) is 9.47. The van der Waals surface area contributed by atoms with Crippen molar-refractivity contribution in [3.05, 3.63) is 17.5 Å². The van der Waals surface area contributed by atoms with E-state index in [1.165, 1.54) is 0 Å². The maximum Gasteiger partial charge on any atom is 0.112 e. The number of ether oxygens (including phenoxy) is 1. The van der Waals surface area contributed by atoms with Gasteiger partial charge >= 0.3 is 0 Å². The van der Waals surface area contributed by atoms with Crippen LogP contribution in [-0.4, -0.2) is 23.7 Å². The Morgan fingerprint density at radius 1 is 1.38 bits per heavy atom. The quantitative estimate of drug-likeness (QED) is 0.311. The van der Waals surface area contributed by atoms with Crippen LogP contribution in [0.15, 0.2) is 12.2 Å². The van der Waals surface area contributed by atoms with Gasteiger partial charge in [0.15, 0.2) is 0 Å². The molecule has 2 spiro atoms. The van der Waals surface area contributed by atoms with E-state index in [4.69, 9.17) is 4.74 Å². The first-order chi connectivity index (χ1) is 6.58. The number of β-lactam (4-membered cyclic amide) rings is 1. The molecule has 4 atom stereocenters. The van der Waals surface area contributed by atoms with Gasteiger partial charge in [-0.05, 0) is 18.3 Å². The Labute approximate surface area is 135 Å². The second kappa shape index (κ2) is 4.57. The van der Waals surface area contributed by atoms with Crippen LogP contribution in [0.25, 0.3) is 5.32 Å². The third kappa shape index (κ3) is 1.92. The van der Waals surface area contributed by atoms with Crippen LogP contribution in [0.1, 0.15) is 20.3 Å². The number of hydrogen-bond acceptors (Lipinski definition) is 2. The number of epoxide rings is 1. The third-order valence-corrected chi connectivity index (χ3v) is 4.21. The molecule has 16 heavy (non-hydrogen) atoms. The minimum absolute atomic E-state index is 0. The minimum atomic E-state index is -0.187. The van der Waals surface area contributed by atoms with Gasteiger partial charge in [-0.25, -0.2) is 0 Å². The van der Waals surface area contributed by atoms with Crippen LogP contribution in [-0.2, 0) is 63.3 Å². The Morgan fingerprint density at radius 2 is 1.94 bits per heavy atom. The van der Waals surface area contributed by atoms with Gasteiger partial charge in [0.25, 0.3) is 0 Å². The Morgan fingerprint density at radius 3 is 2.38 bits per heavy atom. The Bertz CT molecular complexity index is 333. The van der Waals surface area contributed by atoms with Crippen molar-refractivity contribution in [3.8, 4) is 0 Å². The molecule has 3 nitrogen and oxygen atoms in total. The summed E-state index contributed by atoms with van der Waals surface area (Å²) in [4.78, 5) is 11.0. The number of rotatable bonds is 0. The Balaban J connectivity index is 0.000000640. The molecule has 0 aromatic heterocycles. The zero-order valence-corrected chi connectivity index (χ0v) is 15.2. The molecule has 0 bridgehead atoms. The molecular formula is C11H14NO2WY-. The predicted octanol–water partition coefficient (Wildman–Crippen LogP) is 1.64. The van der Waals surface area contributed by atoms with E-state index in [-0.39, 0.29) is 70.8 Å². The van der Waals surface area contributed by atoms with Gasteiger partial charge in [0, 0.05) is 53.8 Å². The molecule has 3 rings (SSSR count). The topological polar surface area (TPSA) is 43.7 Å². The van der Waals surface area contributed by atoms with Crippen LogP contribution in [0.2, 0.25) is 0 Å². The zero-order chi connectivity index (χ0) is 9.97. The summed E-state index contributed by atoms with van der Waals surface area (Å²) in [6.07, 6.45) is 4.80. The average Bonchev–Trinajstić information content (AvgIpc) is 2.87. The smallest absolute Gasteiger partial charge is 0.112 e. The number of hydrogen-bond donors (Lipinski definition) is 0. The molecule has 0 aromatic rings. The first kappa shape index (κ1) is 15.0. The van der Waals surface area contributed by atoms with Crippen molar-refractivity contribution in [1.29, 1.82) is 0 Å². The van der Waals surface area contributed by atoms with Gasteiger partial charge in [0.2, 0.25) is 0 Å². The summed E-state index contributed by atoms with van der Waals surface area (Å²) >= 11 is 0. The summed E-state index contributed by atoms with van der Waals surface area (Å²) in [5, 5.41) is 4.16. The van der Waals surface area contributed by atoms with E-state index < -0.39 is 0 Å². The summed E-state index contributed by atoms with van der Waals surface area (Å²) in [6, 6.07) is 0. The van der Waals surface area contributed by atoms with Crippen LogP contribution < -0.4 is 0 Å². The average molecular weight is 465 g/mol. The fraction of sp³-hybridized carbons (Fsp3) is 0.727. The van der Waals surface area contributed by atoms with E-state index in [1.807, 2.05) is 0 Å². The summed E-state index contributed by atoms with van der Waals surface area (Å²) in [6.45, 7) is 5.20. The molecule has 3 aliphatic rings.